The van der Waals surface area contributed by atoms with Crippen molar-refractivity contribution in [1.29, 1.82) is 0 Å². The van der Waals surface area contributed by atoms with Crippen molar-refractivity contribution >= 4 is 58.4 Å². The van der Waals surface area contributed by atoms with E-state index in [9.17, 15) is 0 Å². The van der Waals surface area contributed by atoms with E-state index in [1.807, 2.05) is 30.3 Å². The van der Waals surface area contributed by atoms with E-state index in [0.29, 0.717) is 10.8 Å². The Kier molecular flexibility index (Phi) is 5.36. The monoisotopic (exact) mass is 366 g/mol. The van der Waals surface area contributed by atoms with Gasteiger partial charge in [0.15, 0.2) is 0 Å². The molecule has 0 aliphatic rings. The highest BCUT2D eigenvalue weighted by Gasteiger charge is 2.24. The lowest BCUT2D eigenvalue weighted by molar-refractivity contribution is 0.402. The maximum atomic E-state index is 6.12. The number of halogens is 3. The normalized spacial score (nSPS) is 13.8. The van der Waals surface area contributed by atoms with Crippen molar-refractivity contribution < 1.29 is 9.05 Å². The van der Waals surface area contributed by atoms with Crippen LogP contribution in [0.15, 0.2) is 42.5 Å². The number of benzene rings is 2. The summed E-state index contributed by atoms with van der Waals surface area (Å²) in [5, 5.41) is 1.60. The van der Waals surface area contributed by atoms with Crippen molar-refractivity contribution in [1.82, 2.24) is 0 Å². The highest BCUT2D eigenvalue weighted by molar-refractivity contribution is 8.13. The van der Waals surface area contributed by atoms with Crippen molar-refractivity contribution in [3.8, 4) is 5.75 Å². The molecule has 0 N–H and O–H groups in total. The second-order valence-corrected chi connectivity index (χ2v) is 8.44. The van der Waals surface area contributed by atoms with E-state index in [1.165, 1.54) is 7.11 Å². The van der Waals surface area contributed by atoms with Crippen LogP contribution in [0.1, 0.15) is 0 Å². The summed E-state index contributed by atoms with van der Waals surface area (Å²) in [4.78, 5) is 0. The van der Waals surface area contributed by atoms with Crippen LogP contribution in [0.25, 0.3) is 0 Å². The second kappa shape index (κ2) is 6.65. The molecule has 0 spiro atoms. The predicted octanol–water partition coefficient (Wildman–Crippen LogP) is 5.31. The Hall–Kier alpha value is -0.280. The van der Waals surface area contributed by atoms with Gasteiger partial charge in [-0.3, -0.25) is 0 Å². The van der Waals surface area contributed by atoms with Gasteiger partial charge in [0.2, 0.25) is 0 Å². The summed E-state index contributed by atoms with van der Waals surface area (Å²) in [6.45, 7) is -2.69. The molecule has 2 aromatic rings. The average Bonchev–Trinajstić information content (AvgIpc) is 2.48. The summed E-state index contributed by atoms with van der Waals surface area (Å²) < 4.78 is 11.3. The number of rotatable bonds is 4. The molecule has 2 aromatic carbocycles. The lowest BCUT2D eigenvalue weighted by atomic mass is 10.3. The van der Waals surface area contributed by atoms with Crippen LogP contribution < -0.4 is 9.83 Å². The topological polar surface area (TPSA) is 18.5 Å². The first-order valence-corrected chi connectivity index (χ1v) is 9.29. The van der Waals surface area contributed by atoms with Crippen LogP contribution in [0.4, 0.5) is 0 Å². The Morgan fingerprint density at radius 3 is 2.20 bits per heavy atom. The van der Waals surface area contributed by atoms with Gasteiger partial charge >= 0.3 is 0 Å². The van der Waals surface area contributed by atoms with E-state index < -0.39 is 6.49 Å². The van der Waals surface area contributed by atoms with Gasteiger partial charge in [0.25, 0.3) is 6.49 Å². The Labute approximate surface area is 137 Å². The lowest BCUT2D eigenvalue weighted by Gasteiger charge is -2.22. The molecule has 1 atom stereocenters. The summed E-state index contributed by atoms with van der Waals surface area (Å²) in [7, 11) is 1.51. The van der Waals surface area contributed by atoms with Crippen molar-refractivity contribution in [3.05, 3.63) is 57.5 Å². The molecule has 0 heterocycles. The molecule has 0 aliphatic carbocycles. The molecule has 0 bridgehead atoms. The second-order valence-electron chi connectivity index (χ2n) is 3.78. The Bertz CT molecular complexity index is 664. The molecule has 2 rings (SSSR count). The maximum Gasteiger partial charge on any atom is 0.268 e. The van der Waals surface area contributed by atoms with E-state index in [0.717, 1.165) is 5.30 Å². The van der Waals surface area contributed by atoms with Gasteiger partial charge in [0.05, 0.1) is 10.0 Å². The van der Waals surface area contributed by atoms with Gasteiger partial charge in [0.1, 0.15) is 10.8 Å². The summed E-state index contributed by atoms with van der Waals surface area (Å²) in [5.41, 5.74) is 0. The molecule has 0 saturated heterocycles. The lowest BCUT2D eigenvalue weighted by Crippen LogP contribution is -2.10. The van der Waals surface area contributed by atoms with Crippen LogP contribution in [0.5, 0.6) is 5.75 Å². The molecule has 7 heteroatoms. The third kappa shape index (κ3) is 3.30. The molecule has 0 aromatic heterocycles. The SMILES string of the molecule is COP(=S)(Oc1ccc(Cl)c(Cl)c1Cl)c1ccccc1. The third-order valence-corrected chi connectivity index (χ3v) is 6.96. The first kappa shape index (κ1) is 16.1. The smallest absolute Gasteiger partial charge is 0.268 e. The number of hydrogen-bond donors (Lipinski definition) is 0. The highest BCUT2D eigenvalue weighted by atomic mass is 35.5. The molecule has 0 fully saturated rings. The zero-order valence-electron chi connectivity index (χ0n) is 10.3. The predicted molar refractivity (Wildman–Crippen MR) is 89.5 cm³/mol. The summed E-state index contributed by atoms with van der Waals surface area (Å²) in [6, 6.07) is 12.6. The molecule has 1 unspecified atom stereocenters. The van der Waals surface area contributed by atoms with Crippen LogP contribution in [0, 0.1) is 0 Å². The molecule has 0 amide bonds. The van der Waals surface area contributed by atoms with Crippen molar-refractivity contribution in [3.63, 3.8) is 0 Å². The standard InChI is InChI=1S/C13H10Cl3O2PS/c1-17-19(20,9-5-3-2-4-6-9)18-11-8-7-10(14)12(15)13(11)16/h2-8H,1H3. The number of hydrogen-bond acceptors (Lipinski definition) is 3. The largest absolute Gasteiger partial charge is 0.439 e. The summed E-state index contributed by atoms with van der Waals surface area (Å²) >= 11 is 23.5. The minimum absolute atomic E-state index is 0.223. The van der Waals surface area contributed by atoms with Crippen molar-refractivity contribution in [2.24, 2.45) is 0 Å². The quantitative estimate of drug-likeness (QED) is 0.539. The molecule has 20 heavy (non-hydrogen) atoms. The van der Waals surface area contributed by atoms with Crippen LogP contribution in [0.3, 0.4) is 0 Å². The van der Waals surface area contributed by atoms with Gasteiger partial charge < -0.3 is 9.05 Å². The molecule has 106 valence electrons. The average molecular weight is 368 g/mol. The van der Waals surface area contributed by atoms with Crippen LogP contribution in [0.2, 0.25) is 15.1 Å². The van der Waals surface area contributed by atoms with Crippen LogP contribution in [-0.2, 0) is 16.3 Å². The van der Waals surface area contributed by atoms with Crippen LogP contribution in [-0.4, -0.2) is 7.11 Å². The molecular formula is C13H10Cl3O2PS. The fourth-order valence-electron chi connectivity index (χ4n) is 1.51. The Morgan fingerprint density at radius 2 is 1.60 bits per heavy atom. The Morgan fingerprint density at radius 1 is 0.950 bits per heavy atom. The molecule has 0 aliphatic heterocycles. The summed E-state index contributed by atoms with van der Waals surface area (Å²) in [6.07, 6.45) is 0. The maximum absolute atomic E-state index is 6.12. The third-order valence-electron chi connectivity index (χ3n) is 2.53. The van der Waals surface area contributed by atoms with Crippen molar-refractivity contribution in [2.45, 2.75) is 0 Å². The molecule has 0 saturated carbocycles. The molecule has 2 nitrogen and oxygen atoms in total. The van der Waals surface area contributed by atoms with E-state index in [2.05, 4.69) is 0 Å². The van der Waals surface area contributed by atoms with Gasteiger partial charge in [-0.2, -0.15) is 0 Å². The van der Waals surface area contributed by atoms with E-state index in [4.69, 9.17) is 55.7 Å². The minimum atomic E-state index is -2.69. The van der Waals surface area contributed by atoms with E-state index in [-0.39, 0.29) is 10.0 Å². The fraction of sp³-hybridized carbons (Fsp3) is 0.0769. The van der Waals surface area contributed by atoms with Gasteiger partial charge in [-0.05, 0) is 36.1 Å². The Balaban J connectivity index is 2.42. The van der Waals surface area contributed by atoms with Gasteiger partial charge in [-0.1, -0.05) is 53.0 Å². The van der Waals surface area contributed by atoms with E-state index >= 15 is 0 Å². The van der Waals surface area contributed by atoms with Crippen LogP contribution >= 0.6 is 41.3 Å². The molecular weight excluding hydrogens is 358 g/mol. The van der Waals surface area contributed by atoms with Gasteiger partial charge in [-0.25, -0.2) is 0 Å². The summed E-state index contributed by atoms with van der Waals surface area (Å²) in [5.74, 6) is 0.357. The first-order chi connectivity index (χ1) is 9.48. The zero-order chi connectivity index (χ0) is 14.8. The van der Waals surface area contributed by atoms with Gasteiger partial charge in [-0.15, -0.1) is 0 Å². The van der Waals surface area contributed by atoms with Crippen molar-refractivity contribution in [2.75, 3.05) is 7.11 Å². The minimum Gasteiger partial charge on any atom is -0.439 e. The molecule has 0 radical (unpaired) electrons. The zero-order valence-corrected chi connectivity index (χ0v) is 14.3. The first-order valence-electron chi connectivity index (χ1n) is 5.52. The highest BCUT2D eigenvalue weighted by Crippen LogP contribution is 2.50. The van der Waals surface area contributed by atoms with E-state index in [1.54, 1.807) is 12.1 Å². The fourth-order valence-corrected chi connectivity index (χ4v) is 4.08. The van der Waals surface area contributed by atoms with Gasteiger partial charge in [0, 0.05) is 12.4 Å².